The largest absolute Gasteiger partial charge is 0.322 e. The lowest BCUT2D eigenvalue weighted by Crippen LogP contribution is -2.31. The fourth-order valence-electron chi connectivity index (χ4n) is 3.69. The van der Waals surface area contributed by atoms with Crippen molar-refractivity contribution in [2.24, 2.45) is 0 Å². The number of halogens is 1. The molecule has 1 heterocycles. The molecule has 1 saturated heterocycles. The van der Waals surface area contributed by atoms with Crippen LogP contribution in [0, 0.1) is 12.7 Å². The summed E-state index contributed by atoms with van der Waals surface area (Å²) in [5.74, 6) is 1.54. The number of rotatable bonds is 7. The molecule has 0 aliphatic carbocycles. The van der Waals surface area contributed by atoms with Gasteiger partial charge >= 0.3 is 0 Å². The number of nitrogens with one attached hydrogen (secondary N) is 2. The first-order valence-corrected chi connectivity index (χ1v) is 13.5. The summed E-state index contributed by atoms with van der Waals surface area (Å²) in [7, 11) is -3.85. The first-order chi connectivity index (χ1) is 16.3. The average Bonchev–Trinajstić information content (AvgIpc) is 2.82. The maximum absolute atomic E-state index is 13.1. The molecule has 1 fully saturated rings. The van der Waals surface area contributed by atoms with E-state index < -0.39 is 15.8 Å². The van der Waals surface area contributed by atoms with Crippen molar-refractivity contribution in [3.63, 3.8) is 0 Å². The monoisotopic (exact) mass is 499 g/mol. The predicted molar refractivity (Wildman–Crippen MR) is 135 cm³/mol. The Hall–Kier alpha value is -2.88. The average molecular weight is 500 g/mol. The number of hydrogen-bond donors (Lipinski definition) is 2. The molecule has 0 aromatic heterocycles. The van der Waals surface area contributed by atoms with E-state index in [2.05, 4.69) is 21.0 Å². The highest BCUT2D eigenvalue weighted by Crippen LogP contribution is 2.21. The molecule has 3 aromatic carbocycles. The molecule has 9 heteroatoms. The zero-order valence-electron chi connectivity index (χ0n) is 18.8. The van der Waals surface area contributed by atoms with Crippen LogP contribution in [0.4, 0.5) is 15.8 Å². The van der Waals surface area contributed by atoms with Crippen molar-refractivity contribution in [1.29, 1.82) is 0 Å². The summed E-state index contributed by atoms with van der Waals surface area (Å²) in [6.07, 6.45) is 0. The van der Waals surface area contributed by atoms with Gasteiger partial charge in [-0.25, -0.2) is 12.8 Å². The van der Waals surface area contributed by atoms with Crippen LogP contribution in [0.1, 0.15) is 21.5 Å². The molecule has 3 aromatic rings. The van der Waals surface area contributed by atoms with Crippen LogP contribution in [-0.4, -0.2) is 43.8 Å². The third-order valence-electron chi connectivity index (χ3n) is 5.57. The van der Waals surface area contributed by atoms with Gasteiger partial charge < -0.3 is 5.32 Å². The number of nitrogens with zero attached hydrogens (tertiary/aromatic N) is 1. The third-order valence-corrected chi connectivity index (χ3v) is 7.91. The van der Waals surface area contributed by atoms with Crippen LogP contribution in [0.5, 0.6) is 0 Å². The van der Waals surface area contributed by atoms with E-state index in [0.717, 1.165) is 43.0 Å². The summed E-state index contributed by atoms with van der Waals surface area (Å²) in [4.78, 5) is 15.1. The summed E-state index contributed by atoms with van der Waals surface area (Å²) in [5, 5.41) is 2.93. The van der Waals surface area contributed by atoms with Crippen molar-refractivity contribution in [2.45, 2.75) is 18.4 Å². The second-order valence-corrected chi connectivity index (χ2v) is 11.0. The molecule has 1 aliphatic rings. The molecule has 0 spiro atoms. The SMILES string of the molecule is Cc1cc(CN2CCSCC2)ccc1NC(=O)c1ccc(NS(=O)(=O)c2ccc(F)cc2)cc1. The van der Waals surface area contributed by atoms with Crippen molar-refractivity contribution in [2.75, 3.05) is 34.6 Å². The number of amides is 1. The Morgan fingerprint density at radius 3 is 2.32 bits per heavy atom. The lowest BCUT2D eigenvalue weighted by atomic mass is 10.1. The van der Waals surface area contributed by atoms with Crippen LogP contribution in [0.3, 0.4) is 0 Å². The number of hydrogen-bond acceptors (Lipinski definition) is 5. The smallest absolute Gasteiger partial charge is 0.261 e. The normalized spacial score (nSPS) is 14.5. The third kappa shape index (κ3) is 6.16. The van der Waals surface area contributed by atoms with Gasteiger partial charge in [0.25, 0.3) is 15.9 Å². The van der Waals surface area contributed by atoms with Crippen molar-refractivity contribution in [1.82, 2.24) is 4.90 Å². The molecule has 1 amide bonds. The van der Waals surface area contributed by atoms with Crippen LogP contribution in [-0.2, 0) is 16.6 Å². The highest BCUT2D eigenvalue weighted by Gasteiger charge is 2.15. The highest BCUT2D eigenvalue weighted by molar-refractivity contribution is 7.99. The number of thioether (sulfide) groups is 1. The van der Waals surface area contributed by atoms with Crippen molar-refractivity contribution in [3.8, 4) is 0 Å². The first kappa shape index (κ1) is 24.3. The quantitative estimate of drug-likeness (QED) is 0.491. The van der Waals surface area contributed by atoms with E-state index in [9.17, 15) is 17.6 Å². The molecular formula is C25H26FN3O3S2. The standard InChI is InChI=1S/C25H26FN3O3S2/c1-18-16-19(17-29-12-14-33-15-13-29)2-11-24(18)27-25(30)20-3-7-22(8-4-20)28-34(31,32)23-9-5-21(26)6-10-23/h2-11,16,28H,12-15,17H2,1H3,(H,27,30). The Balaban J connectivity index is 1.38. The lowest BCUT2D eigenvalue weighted by molar-refractivity contribution is 0.102. The van der Waals surface area contributed by atoms with E-state index in [-0.39, 0.29) is 10.8 Å². The second-order valence-electron chi connectivity index (χ2n) is 8.13. The van der Waals surface area contributed by atoms with E-state index in [1.54, 1.807) is 12.1 Å². The molecule has 0 atom stereocenters. The van der Waals surface area contributed by atoms with Gasteiger partial charge in [-0.2, -0.15) is 11.8 Å². The molecule has 178 valence electrons. The van der Waals surface area contributed by atoms with Crippen LogP contribution in [0.15, 0.2) is 71.6 Å². The number of anilines is 2. The first-order valence-electron chi connectivity index (χ1n) is 10.9. The fraction of sp³-hybridized carbons (Fsp3) is 0.240. The summed E-state index contributed by atoms with van der Waals surface area (Å²) in [5.41, 5.74) is 3.65. The molecule has 0 unspecified atom stereocenters. The molecule has 1 aliphatic heterocycles. The molecular weight excluding hydrogens is 473 g/mol. The van der Waals surface area contributed by atoms with E-state index >= 15 is 0 Å². The zero-order valence-corrected chi connectivity index (χ0v) is 20.4. The lowest BCUT2D eigenvalue weighted by Gasteiger charge is -2.26. The van der Waals surface area contributed by atoms with Crippen LogP contribution in [0.2, 0.25) is 0 Å². The van der Waals surface area contributed by atoms with E-state index in [4.69, 9.17) is 0 Å². The minimum absolute atomic E-state index is 0.0474. The van der Waals surface area contributed by atoms with Crippen molar-refractivity contribution in [3.05, 3.63) is 89.2 Å². The maximum Gasteiger partial charge on any atom is 0.261 e. The summed E-state index contributed by atoms with van der Waals surface area (Å²) < 4.78 is 40.4. The summed E-state index contributed by atoms with van der Waals surface area (Å²) in [6.45, 7) is 5.07. The summed E-state index contributed by atoms with van der Waals surface area (Å²) >= 11 is 1.99. The Kier molecular flexibility index (Phi) is 7.55. The number of aryl methyl sites for hydroxylation is 1. The molecule has 0 saturated carbocycles. The Bertz CT molecular complexity index is 1260. The molecule has 0 bridgehead atoms. The molecule has 2 N–H and O–H groups in total. The fourth-order valence-corrected chi connectivity index (χ4v) is 5.73. The topological polar surface area (TPSA) is 78.5 Å². The number of benzene rings is 3. The predicted octanol–water partition coefficient (Wildman–Crippen LogP) is 4.74. The van der Waals surface area contributed by atoms with Gasteiger partial charge in [-0.1, -0.05) is 12.1 Å². The van der Waals surface area contributed by atoms with Gasteiger partial charge in [-0.05, 0) is 72.6 Å². The van der Waals surface area contributed by atoms with Gasteiger partial charge in [-0.3, -0.25) is 14.4 Å². The van der Waals surface area contributed by atoms with Gasteiger partial charge in [0, 0.05) is 48.1 Å². The second kappa shape index (κ2) is 10.6. The van der Waals surface area contributed by atoms with Gasteiger partial charge in [-0.15, -0.1) is 0 Å². The minimum Gasteiger partial charge on any atom is -0.322 e. The van der Waals surface area contributed by atoms with Gasteiger partial charge in [0.2, 0.25) is 0 Å². The maximum atomic E-state index is 13.1. The van der Waals surface area contributed by atoms with E-state index in [0.29, 0.717) is 11.3 Å². The molecule has 0 radical (unpaired) electrons. The highest BCUT2D eigenvalue weighted by atomic mass is 32.2. The van der Waals surface area contributed by atoms with Gasteiger partial charge in [0.1, 0.15) is 5.82 Å². The Labute approximate surface area is 203 Å². The Morgan fingerprint density at radius 2 is 1.68 bits per heavy atom. The number of carbonyl (C=O) groups excluding carboxylic acids is 1. The van der Waals surface area contributed by atoms with Crippen molar-refractivity contribution >= 4 is 39.1 Å². The van der Waals surface area contributed by atoms with Crippen LogP contribution in [0.25, 0.3) is 0 Å². The van der Waals surface area contributed by atoms with E-state index in [1.165, 1.54) is 41.3 Å². The van der Waals surface area contributed by atoms with Gasteiger partial charge in [0.05, 0.1) is 4.90 Å². The number of carbonyl (C=O) groups is 1. The van der Waals surface area contributed by atoms with Gasteiger partial charge in [0.15, 0.2) is 0 Å². The molecule has 4 rings (SSSR count). The van der Waals surface area contributed by atoms with E-state index in [1.807, 2.05) is 30.8 Å². The Morgan fingerprint density at radius 1 is 1.00 bits per heavy atom. The van der Waals surface area contributed by atoms with Crippen molar-refractivity contribution < 1.29 is 17.6 Å². The number of sulfonamides is 1. The minimum atomic E-state index is -3.85. The molecule has 34 heavy (non-hydrogen) atoms. The van der Waals surface area contributed by atoms with Crippen LogP contribution < -0.4 is 10.0 Å². The van der Waals surface area contributed by atoms with Crippen LogP contribution >= 0.6 is 11.8 Å². The summed E-state index contributed by atoms with van der Waals surface area (Å²) in [6, 6.07) is 16.8. The zero-order chi connectivity index (χ0) is 24.1. The molecule has 6 nitrogen and oxygen atoms in total.